The van der Waals surface area contributed by atoms with Gasteiger partial charge in [-0.3, -0.25) is 4.79 Å². The molecule has 1 fully saturated rings. The zero-order chi connectivity index (χ0) is 22.1. The van der Waals surface area contributed by atoms with Crippen LogP contribution in [-0.4, -0.2) is 65.2 Å². The molecule has 2 unspecified atom stereocenters. The van der Waals surface area contributed by atoms with E-state index >= 15 is 0 Å². The van der Waals surface area contributed by atoms with Crippen molar-refractivity contribution < 1.29 is 22.7 Å². The maximum absolute atomic E-state index is 12.9. The van der Waals surface area contributed by atoms with E-state index in [9.17, 15) is 18.0 Å². The minimum atomic E-state index is -3.12. The summed E-state index contributed by atoms with van der Waals surface area (Å²) in [5.41, 5.74) is 2.28. The van der Waals surface area contributed by atoms with Crippen molar-refractivity contribution in [3.63, 3.8) is 0 Å². The van der Waals surface area contributed by atoms with Gasteiger partial charge in [0.05, 0.1) is 28.6 Å². The molecule has 0 spiro atoms. The third-order valence-corrected chi connectivity index (χ3v) is 7.15. The first-order valence-electron chi connectivity index (χ1n) is 9.98. The molecule has 2 aromatic rings. The number of hydrogen-bond acceptors (Lipinski definition) is 6. The van der Waals surface area contributed by atoms with Crippen molar-refractivity contribution in [3.8, 4) is 5.69 Å². The number of carbonyl (C=O) groups excluding carboxylic acids is 2. The lowest BCUT2D eigenvalue weighted by Crippen LogP contribution is -2.46. The van der Waals surface area contributed by atoms with Gasteiger partial charge in [-0.25, -0.2) is 17.9 Å². The summed E-state index contributed by atoms with van der Waals surface area (Å²) in [4.78, 5) is 27.2. The third kappa shape index (κ3) is 4.40. The number of esters is 1. The van der Waals surface area contributed by atoms with Crippen molar-refractivity contribution in [2.75, 3.05) is 18.1 Å². The first-order valence-corrected chi connectivity index (χ1v) is 11.8. The topological polar surface area (TPSA) is 98.6 Å². The number of nitrogens with zero attached hydrogens (tertiary/aromatic N) is 3. The Morgan fingerprint density at radius 2 is 1.93 bits per heavy atom. The predicted molar refractivity (Wildman–Crippen MR) is 112 cm³/mol. The molecule has 1 aliphatic rings. The van der Waals surface area contributed by atoms with E-state index in [4.69, 9.17) is 4.74 Å². The van der Waals surface area contributed by atoms with Crippen LogP contribution in [0.5, 0.6) is 0 Å². The van der Waals surface area contributed by atoms with Crippen LogP contribution in [0.4, 0.5) is 0 Å². The van der Waals surface area contributed by atoms with E-state index < -0.39 is 27.8 Å². The summed E-state index contributed by atoms with van der Waals surface area (Å²) >= 11 is 0. The first-order chi connectivity index (χ1) is 14.1. The van der Waals surface area contributed by atoms with Crippen molar-refractivity contribution in [2.45, 2.75) is 46.3 Å². The maximum Gasteiger partial charge on any atom is 0.342 e. The van der Waals surface area contributed by atoms with Gasteiger partial charge in [0, 0.05) is 12.6 Å². The fraction of sp³-hybridized carbons (Fsp3) is 0.476. The normalized spacial score (nSPS) is 18.7. The number of para-hydroxylation sites is 1. The molecule has 1 aromatic carbocycles. The number of aromatic nitrogens is 2. The molecule has 1 aliphatic heterocycles. The average molecular weight is 434 g/mol. The highest BCUT2D eigenvalue weighted by Crippen LogP contribution is 2.21. The third-order valence-electron chi connectivity index (χ3n) is 5.40. The van der Waals surface area contributed by atoms with Gasteiger partial charge in [-0.05, 0) is 46.2 Å². The van der Waals surface area contributed by atoms with Crippen molar-refractivity contribution >= 4 is 21.7 Å². The molecule has 0 N–H and O–H groups in total. The van der Waals surface area contributed by atoms with Crippen LogP contribution in [-0.2, 0) is 19.4 Å². The number of likely N-dealkylation sites (N-methyl/N-ethyl adjacent to an activating group) is 1. The highest BCUT2D eigenvalue weighted by atomic mass is 32.2. The Labute approximate surface area is 176 Å². The van der Waals surface area contributed by atoms with Gasteiger partial charge in [0.15, 0.2) is 15.9 Å². The molecule has 30 heavy (non-hydrogen) atoms. The Kier molecular flexibility index (Phi) is 6.30. The summed E-state index contributed by atoms with van der Waals surface area (Å²) in [6.07, 6.45) is -0.621. The standard InChI is InChI=1S/C21H27N3O5S/c1-5-23(18-11-12-30(27,28)13-18)20(25)16(4)29-21(26)19-14(2)22-24(15(19)3)17-9-7-6-8-10-17/h6-10,16,18H,5,11-13H2,1-4H3. The van der Waals surface area contributed by atoms with Crippen LogP contribution < -0.4 is 0 Å². The second-order valence-corrected chi connectivity index (χ2v) is 9.75. The van der Waals surface area contributed by atoms with Gasteiger partial charge in [-0.2, -0.15) is 5.10 Å². The molecule has 2 atom stereocenters. The van der Waals surface area contributed by atoms with Gasteiger partial charge < -0.3 is 9.64 Å². The lowest BCUT2D eigenvalue weighted by atomic mass is 10.2. The molecule has 8 nitrogen and oxygen atoms in total. The van der Waals surface area contributed by atoms with E-state index in [0.29, 0.717) is 29.9 Å². The van der Waals surface area contributed by atoms with Crippen LogP contribution in [0.2, 0.25) is 0 Å². The van der Waals surface area contributed by atoms with Crippen LogP contribution in [0.3, 0.4) is 0 Å². The lowest BCUT2D eigenvalue weighted by molar-refractivity contribution is -0.141. The summed E-state index contributed by atoms with van der Waals surface area (Å²) < 4.78 is 30.7. The Balaban J connectivity index is 1.75. The maximum atomic E-state index is 12.9. The van der Waals surface area contributed by atoms with Crippen LogP contribution >= 0.6 is 0 Å². The van der Waals surface area contributed by atoms with Crippen LogP contribution in [0, 0.1) is 13.8 Å². The van der Waals surface area contributed by atoms with Gasteiger partial charge in [0.25, 0.3) is 5.91 Å². The summed E-state index contributed by atoms with van der Waals surface area (Å²) in [7, 11) is -3.12. The van der Waals surface area contributed by atoms with Gasteiger partial charge >= 0.3 is 5.97 Å². The SMILES string of the molecule is CCN(C(=O)C(C)OC(=O)c1c(C)nn(-c2ccccc2)c1C)C1CCS(=O)(=O)C1. The number of amides is 1. The number of sulfone groups is 1. The number of ether oxygens (including phenoxy) is 1. The fourth-order valence-corrected chi connectivity index (χ4v) is 5.61. The predicted octanol–water partition coefficient (Wildman–Crippen LogP) is 2.07. The summed E-state index contributed by atoms with van der Waals surface area (Å²) in [6.45, 7) is 7.15. The molecule has 1 aromatic heterocycles. The second kappa shape index (κ2) is 8.59. The van der Waals surface area contributed by atoms with E-state index in [2.05, 4.69) is 5.10 Å². The minimum absolute atomic E-state index is 0.0463. The van der Waals surface area contributed by atoms with E-state index in [-0.39, 0.29) is 17.5 Å². The van der Waals surface area contributed by atoms with Gasteiger partial charge in [-0.1, -0.05) is 18.2 Å². The molecule has 3 rings (SSSR count). The molecule has 1 amide bonds. The molecule has 0 saturated carbocycles. The second-order valence-electron chi connectivity index (χ2n) is 7.52. The Morgan fingerprint density at radius 3 is 2.50 bits per heavy atom. The quantitative estimate of drug-likeness (QED) is 0.647. The van der Waals surface area contributed by atoms with Crippen molar-refractivity contribution in [1.82, 2.24) is 14.7 Å². The number of benzene rings is 1. The average Bonchev–Trinajstić information content (AvgIpc) is 3.21. The van der Waals surface area contributed by atoms with Crippen LogP contribution in [0.1, 0.15) is 42.0 Å². The largest absolute Gasteiger partial charge is 0.449 e. The van der Waals surface area contributed by atoms with E-state index in [1.807, 2.05) is 30.3 Å². The van der Waals surface area contributed by atoms with Crippen LogP contribution in [0.25, 0.3) is 5.69 Å². The number of hydrogen-bond donors (Lipinski definition) is 0. The highest BCUT2D eigenvalue weighted by molar-refractivity contribution is 7.91. The molecule has 0 radical (unpaired) electrons. The fourth-order valence-electron chi connectivity index (χ4n) is 3.88. The highest BCUT2D eigenvalue weighted by Gasteiger charge is 2.36. The minimum Gasteiger partial charge on any atom is -0.449 e. The molecular formula is C21H27N3O5S. The van der Waals surface area contributed by atoms with Gasteiger partial charge in [0.1, 0.15) is 5.56 Å². The molecule has 2 heterocycles. The Hall–Kier alpha value is -2.68. The van der Waals surface area contributed by atoms with Crippen molar-refractivity contribution in [3.05, 3.63) is 47.3 Å². The van der Waals surface area contributed by atoms with E-state index in [1.54, 1.807) is 25.5 Å². The lowest BCUT2D eigenvalue weighted by Gasteiger charge is -2.29. The summed E-state index contributed by atoms with van der Waals surface area (Å²) in [5.74, 6) is -0.982. The van der Waals surface area contributed by atoms with Crippen molar-refractivity contribution in [1.29, 1.82) is 0 Å². The monoisotopic (exact) mass is 433 g/mol. The smallest absolute Gasteiger partial charge is 0.342 e. The van der Waals surface area contributed by atoms with E-state index in [1.165, 1.54) is 11.8 Å². The van der Waals surface area contributed by atoms with E-state index in [0.717, 1.165) is 5.69 Å². The molecule has 0 bridgehead atoms. The number of rotatable bonds is 6. The Bertz CT molecular complexity index is 1050. The zero-order valence-electron chi connectivity index (χ0n) is 17.7. The molecule has 0 aliphatic carbocycles. The van der Waals surface area contributed by atoms with Crippen LogP contribution in [0.15, 0.2) is 30.3 Å². The zero-order valence-corrected chi connectivity index (χ0v) is 18.5. The van der Waals surface area contributed by atoms with Gasteiger partial charge in [0.2, 0.25) is 0 Å². The van der Waals surface area contributed by atoms with Gasteiger partial charge in [-0.15, -0.1) is 0 Å². The first kappa shape index (κ1) is 22.0. The molecule has 9 heteroatoms. The van der Waals surface area contributed by atoms with Crippen molar-refractivity contribution in [2.24, 2.45) is 0 Å². The molecule has 1 saturated heterocycles. The summed E-state index contributed by atoms with van der Waals surface area (Å²) in [5, 5.41) is 4.44. The molecular weight excluding hydrogens is 406 g/mol. The molecule has 162 valence electrons. The number of aryl methyl sites for hydroxylation is 1. The number of carbonyl (C=O) groups is 2. The Morgan fingerprint density at radius 1 is 1.27 bits per heavy atom. The summed E-state index contributed by atoms with van der Waals surface area (Å²) in [6, 6.07) is 9.05.